The molecule has 10 atom stereocenters. The van der Waals surface area contributed by atoms with Crippen molar-refractivity contribution < 1.29 is 46.5 Å². The highest BCUT2D eigenvalue weighted by Crippen LogP contribution is 2.61. The molecule has 4 N–H and O–H groups in total. The molecule has 0 spiro atoms. The topological polar surface area (TPSA) is 252 Å². The minimum atomic E-state index is -4.21. The number of aliphatic hydroxyl groups excluding tert-OH is 1. The molecule has 244 valence electrons. The number of hydrogen-bond donors (Lipinski definition) is 4. The molecule has 4 saturated heterocycles. The van der Waals surface area contributed by atoms with Crippen LogP contribution in [0.4, 0.5) is 5.82 Å². The summed E-state index contributed by atoms with van der Waals surface area (Å²) in [4.78, 5) is 36.0. The van der Waals surface area contributed by atoms with E-state index in [1.54, 1.807) is 11.5 Å². The number of aromatic nitrogens is 8. The van der Waals surface area contributed by atoms with Gasteiger partial charge in [-0.3, -0.25) is 27.5 Å². The Balaban J connectivity index is 1.14. The lowest BCUT2D eigenvalue weighted by atomic mass is 10.0. The van der Waals surface area contributed by atoms with E-state index < -0.39 is 81.6 Å². The van der Waals surface area contributed by atoms with Gasteiger partial charge in [0.2, 0.25) is 0 Å². The number of nitrogen functional groups attached to an aromatic ring is 1. The molecule has 8 rings (SSSR count). The molecule has 8 unspecified atom stereocenters. The summed E-state index contributed by atoms with van der Waals surface area (Å²) in [7, 11) is -2.82. The summed E-state index contributed by atoms with van der Waals surface area (Å²) in [6.07, 6.45) is -4.11. The first-order valence-corrected chi connectivity index (χ1v) is 18.6. The molecule has 4 aromatic heterocycles. The lowest BCUT2D eigenvalue weighted by molar-refractivity contribution is -0.182. The average molecular weight is 697 g/mol. The Labute approximate surface area is 263 Å². The third kappa shape index (κ3) is 4.86. The summed E-state index contributed by atoms with van der Waals surface area (Å²) < 4.78 is 72.4. The van der Waals surface area contributed by atoms with Crippen LogP contribution in [0.5, 0.6) is 0 Å². The van der Waals surface area contributed by atoms with Gasteiger partial charge in [-0.05, 0) is 6.92 Å². The summed E-state index contributed by atoms with van der Waals surface area (Å²) in [6.45, 7) is -3.63. The highest BCUT2D eigenvalue weighted by molar-refractivity contribution is 8.44. The van der Waals surface area contributed by atoms with E-state index in [9.17, 15) is 19.0 Å². The van der Waals surface area contributed by atoms with Crippen molar-refractivity contribution in [2.24, 2.45) is 0 Å². The molecule has 0 aromatic carbocycles. The van der Waals surface area contributed by atoms with Crippen molar-refractivity contribution in [1.82, 2.24) is 39.0 Å². The van der Waals surface area contributed by atoms with E-state index in [4.69, 9.17) is 38.0 Å². The monoisotopic (exact) mass is 697 g/mol. The van der Waals surface area contributed by atoms with Crippen LogP contribution in [0.1, 0.15) is 18.3 Å². The average Bonchev–Trinajstić information content (AvgIpc) is 3.80. The standard InChI is InChI=1S/C22H26BN9O11P2S/c1-8-29-18-11(19(34)30-8)28-7-32(18)20-13-12(33)9(40-20)2-38-45(36,46)43-15-14-21(31-6-27-10-16(24)25-5-26-17(10)31)41-22(15,3-37-14)4-39-44(23,35)42-13/h5-7,9,12-15,20-21,33H,2-4,23H2,1H3,(H,36,46)(H2,24,25,26)(H,29,30,34)/t9?,12?,13?,14?,15?,20?,21?,22?,44-,45-/m1/s1. The minimum Gasteiger partial charge on any atom is -0.387 e. The van der Waals surface area contributed by atoms with Crippen molar-refractivity contribution in [2.45, 2.75) is 55.5 Å². The summed E-state index contributed by atoms with van der Waals surface area (Å²) >= 11 is 4.20. The smallest absolute Gasteiger partial charge is 0.386 e. The molecule has 4 bridgehead atoms. The third-order valence-electron chi connectivity index (χ3n) is 8.28. The molecule has 0 saturated carbocycles. The number of nitrogens with one attached hydrogen (secondary N) is 1. The Morgan fingerprint density at radius 3 is 2.63 bits per heavy atom. The second-order valence-electron chi connectivity index (χ2n) is 11.4. The molecule has 46 heavy (non-hydrogen) atoms. The number of ether oxygens (including phenoxy) is 3. The Morgan fingerprint density at radius 2 is 1.83 bits per heavy atom. The summed E-state index contributed by atoms with van der Waals surface area (Å²) in [5.41, 5.74) is 4.82. The number of fused-ring (bicyclic) bond motifs is 4. The maximum absolute atomic E-state index is 13.9. The van der Waals surface area contributed by atoms with Gasteiger partial charge in [0, 0.05) is 0 Å². The van der Waals surface area contributed by atoms with Crippen LogP contribution in [-0.2, 0) is 41.4 Å². The number of imidazole rings is 2. The van der Waals surface area contributed by atoms with E-state index >= 15 is 0 Å². The van der Waals surface area contributed by atoms with Crippen molar-refractivity contribution in [1.29, 1.82) is 0 Å². The molecule has 24 heteroatoms. The quantitative estimate of drug-likeness (QED) is 0.116. The number of aliphatic hydroxyl groups is 1. The second-order valence-corrected chi connectivity index (χ2v) is 16.3. The largest absolute Gasteiger partial charge is 0.387 e. The predicted octanol–water partition coefficient (Wildman–Crippen LogP) is -0.629. The van der Waals surface area contributed by atoms with Crippen LogP contribution in [0.2, 0.25) is 0 Å². The zero-order valence-electron chi connectivity index (χ0n) is 24.0. The minimum absolute atomic E-state index is 0.00872. The van der Waals surface area contributed by atoms with E-state index in [0.717, 1.165) is 0 Å². The van der Waals surface area contributed by atoms with Crippen LogP contribution < -0.4 is 11.3 Å². The number of nitrogens with zero attached hydrogens (tertiary/aromatic N) is 7. The normalized spacial score (nSPS) is 39.7. The van der Waals surface area contributed by atoms with Crippen LogP contribution in [0.15, 0.2) is 23.8 Å². The Morgan fingerprint density at radius 1 is 1.07 bits per heavy atom. The van der Waals surface area contributed by atoms with Crippen molar-refractivity contribution in [3.05, 3.63) is 35.2 Å². The van der Waals surface area contributed by atoms with Crippen molar-refractivity contribution in [3.8, 4) is 0 Å². The van der Waals surface area contributed by atoms with Gasteiger partial charge in [0.05, 0.1) is 32.5 Å². The van der Waals surface area contributed by atoms with Crippen molar-refractivity contribution in [2.75, 3.05) is 25.6 Å². The lowest BCUT2D eigenvalue weighted by Gasteiger charge is -2.33. The predicted molar refractivity (Wildman–Crippen MR) is 160 cm³/mol. The zero-order chi connectivity index (χ0) is 32.2. The van der Waals surface area contributed by atoms with E-state index in [1.807, 2.05) is 0 Å². The first-order chi connectivity index (χ1) is 21.8. The number of H-pyrrole nitrogens is 1. The summed E-state index contributed by atoms with van der Waals surface area (Å²) in [6, 6.07) is 0. The van der Waals surface area contributed by atoms with Gasteiger partial charge in [-0.1, -0.05) is 12.2 Å². The molecule has 8 heterocycles. The second kappa shape index (κ2) is 10.6. The maximum Gasteiger partial charge on any atom is 0.386 e. The summed E-state index contributed by atoms with van der Waals surface area (Å²) in [5, 5.41) is 11.3. The number of nitrogens with two attached hydrogens (primary N) is 1. The van der Waals surface area contributed by atoms with Gasteiger partial charge in [-0.25, -0.2) is 29.5 Å². The van der Waals surface area contributed by atoms with E-state index in [0.29, 0.717) is 17.0 Å². The van der Waals surface area contributed by atoms with Gasteiger partial charge in [0.1, 0.15) is 53.8 Å². The fraction of sp³-hybridized carbons (Fsp3) is 0.545. The Kier molecular flexibility index (Phi) is 7.07. The number of hydrogen-bond acceptors (Lipinski definition) is 17. The molecule has 4 aliphatic heterocycles. The van der Waals surface area contributed by atoms with Crippen molar-refractivity contribution >= 4 is 62.2 Å². The molecule has 4 aromatic rings. The number of aromatic amines is 1. The van der Waals surface area contributed by atoms with Gasteiger partial charge in [-0.2, -0.15) is 0 Å². The first-order valence-electron chi connectivity index (χ1n) is 13.9. The van der Waals surface area contributed by atoms with Crippen LogP contribution in [0.25, 0.3) is 22.3 Å². The molecule has 20 nitrogen and oxygen atoms in total. The fourth-order valence-electron chi connectivity index (χ4n) is 6.17. The van der Waals surface area contributed by atoms with Crippen molar-refractivity contribution in [3.63, 3.8) is 0 Å². The first kappa shape index (κ1) is 30.6. The van der Waals surface area contributed by atoms with Crippen LogP contribution in [0.3, 0.4) is 0 Å². The van der Waals surface area contributed by atoms with Gasteiger partial charge in [-0.15, -0.1) is 0 Å². The van der Waals surface area contributed by atoms with Gasteiger partial charge in [0.15, 0.2) is 35.1 Å². The Hall–Kier alpha value is -2.75. The van der Waals surface area contributed by atoms with Crippen LogP contribution in [0, 0.1) is 6.92 Å². The number of aryl methyl sites for hydroxylation is 1. The van der Waals surface area contributed by atoms with E-state index in [2.05, 4.69) is 42.2 Å². The molecular weight excluding hydrogens is 671 g/mol. The number of anilines is 1. The van der Waals surface area contributed by atoms with E-state index in [1.165, 1.54) is 31.1 Å². The zero-order valence-corrected chi connectivity index (χ0v) is 26.7. The number of rotatable bonds is 2. The molecule has 0 amide bonds. The number of thiol groups is 1. The molecule has 4 fully saturated rings. The molecule has 0 radical (unpaired) electrons. The van der Waals surface area contributed by atoms with E-state index in [-0.39, 0.29) is 23.6 Å². The van der Waals surface area contributed by atoms with Gasteiger partial charge < -0.3 is 39.1 Å². The maximum atomic E-state index is 13.9. The van der Waals surface area contributed by atoms with Crippen LogP contribution in [-0.4, -0.2) is 108 Å². The molecule has 4 aliphatic rings. The van der Waals surface area contributed by atoms with Gasteiger partial charge >= 0.3 is 6.80 Å². The fourth-order valence-corrected chi connectivity index (χ4v) is 8.85. The summed E-state index contributed by atoms with van der Waals surface area (Å²) in [5.74, 6) is 0.458. The highest BCUT2D eigenvalue weighted by atomic mass is 32.7. The lowest BCUT2D eigenvalue weighted by Crippen LogP contribution is -2.45. The Bertz CT molecular complexity index is 2030. The molecule has 0 aliphatic carbocycles. The third-order valence-corrected chi connectivity index (χ3v) is 11.1. The SMILES string of the molecule is B[P@@]1(=O)OCC23COC(C(n4cnc5c(N)ncnc54)O2)C3O[P@](=O)(S)OCC2OC(n3cnc4c(=O)[nH]c(C)nc43)C(O1)C2O. The molecular formula is C22H26BN9O11P2S. The van der Waals surface area contributed by atoms with Gasteiger partial charge in [0.25, 0.3) is 20.6 Å². The van der Waals surface area contributed by atoms with Crippen LogP contribution >= 0.6 is 26.5 Å². The highest BCUT2D eigenvalue weighted by Gasteiger charge is 2.65.